The van der Waals surface area contributed by atoms with Crippen molar-refractivity contribution in [3.05, 3.63) is 53.6 Å². The molecular formula is C18H17NO7. The maximum absolute atomic E-state index is 12.4. The number of phenols is 1. The summed E-state index contributed by atoms with van der Waals surface area (Å²) in [6.07, 6.45) is -0.160. The lowest BCUT2D eigenvalue weighted by Crippen LogP contribution is -2.31. The summed E-state index contributed by atoms with van der Waals surface area (Å²) in [7, 11) is 1.35. The van der Waals surface area contributed by atoms with E-state index in [4.69, 9.17) is 9.84 Å². The van der Waals surface area contributed by atoms with E-state index in [0.29, 0.717) is 5.56 Å². The Labute approximate surface area is 148 Å². The molecule has 0 aliphatic rings. The summed E-state index contributed by atoms with van der Waals surface area (Å²) in [6.45, 7) is 0. The fourth-order valence-corrected chi connectivity index (χ4v) is 2.38. The molecule has 0 aromatic heterocycles. The minimum Gasteiger partial charge on any atom is -0.504 e. The third-order valence-electron chi connectivity index (χ3n) is 3.71. The van der Waals surface area contributed by atoms with Gasteiger partial charge in [0.1, 0.15) is 5.92 Å². The van der Waals surface area contributed by atoms with Crippen molar-refractivity contribution in [2.24, 2.45) is 5.92 Å². The number of aromatic hydroxyl groups is 1. The van der Waals surface area contributed by atoms with Crippen LogP contribution in [-0.2, 0) is 16.0 Å². The number of aromatic carboxylic acids is 1. The van der Waals surface area contributed by atoms with E-state index in [1.807, 2.05) is 0 Å². The second-order valence-electron chi connectivity index (χ2n) is 5.44. The Bertz CT molecular complexity index is 847. The molecular weight excluding hydrogens is 342 g/mol. The van der Waals surface area contributed by atoms with E-state index in [1.165, 1.54) is 49.6 Å². The molecule has 0 bridgehead atoms. The summed E-state index contributed by atoms with van der Waals surface area (Å²) in [5, 5.41) is 30.5. The number of ether oxygens (including phenoxy) is 1. The van der Waals surface area contributed by atoms with Crippen molar-refractivity contribution < 1.29 is 34.4 Å². The van der Waals surface area contributed by atoms with Gasteiger partial charge in [0.2, 0.25) is 5.91 Å². The van der Waals surface area contributed by atoms with Gasteiger partial charge in [-0.15, -0.1) is 0 Å². The van der Waals surface area contributed by atoms with Gasteiger partial charge in [0.15, 0.2) is 11.5 Å². The predicted molar refractivity (Wildman–Crippen MR) is 91.5 cm³/mol. The lowest BCUT2D eigenvalue weighted by Gasteiger charge is -2.15. The number of carbonyl (C=O) groups excluding carboxylic acids is 1. The van der Waals surface area contributed by atoms with E-state index in [9.17, 15) is 24.6 Å². The Balaban J connectivity index is 2.23. The third kappa shape index (κ3) is 4.29. The number of carboxylic acids is 2. The first-order valence-electron chi connectivity index (χ1n) is 7.55. The van der Waals surface area contributed by atoms with Crippen LogP contribution in [0.4, 0.5) is 5.69 Å². The van der Waals surface area contributed by atoms with Gasteiger partial charge in [-0.2, -0.15) is 0 Å². The highest BCUT2D eigenvalue weighted by Crippen LogP contribution is 2.27. The second-order valence-corrected chi connectivity index (χ2v) is 5.44. The number of nitrogens with one attached hydrogen (secondary N) is 1. The topological polar surface area (TPSA) is 133 Å². The van der Waals surface area contributed by atoms with Gasteiger partial charge in [-0.05, 0) is 36.2 Å². The molecule has 2 rings (SSSR count). The van der Waals surface area contributed by atoms with E-state index in [-0.39, 0.29) is 29.2 Å². The Morgan fingerprint density at radius 1 is 1.12 bits per heavy atom. The highest BCUT2D eigenvalue weighted by atomic mass is 16.5. The number of hydrogen-bond donors (Lipinski definition) is 4. The molecule has 136 valence electrons. The minimum atomic E-state index is -1.45. The van der Waals surface area contributed by atoms with Crippen LogP contribution in [0, 0.1) is 5.92 Å². The van der Waals surface area contributed by atoms with E-state index in [1.54, 1.807) is 0 Å². The monoisotopic (exact) mass is 359 g/mol. The molecule has 8 nitrogen and oxygen atoms in total. The van der Waals surface area contributed by atoms with Crippen LogP contribution in [0.15, 0.2) is 42.5 Å². The lowest BCUT2D eigenvalue weighted by molar-refractivity contribution is -0.145. The Morgan fingerprint density at radius 3 is 2.42 bits per heavy atom. The Morgan fingerprint density at radius 2 is 1.81 bits per heavy atom. The van der Waals surface area contributed by atoms with Crippen LogP contribution in [0.2, 0.25) is 0 Å². The van der Waals surface area contributed by atoms with Gasteiger partial charge in [0.25, 0.3) is 0 Å². The average molecular weight is 359 g/mol. The molecule has 1 amide bonds. The first-order chi connectivity index (χ1) is 12.3. The van der Waals surface area contributed by atoms with Gasteiger partial charge >= 0.3 is 11.9 Å². The molecule has 26 heavy (non-hydrogen) atoms. The highest BCUT2D eigenvalue weighted by molar-refractivity contribution is 6.07. The van der Waals surface area contributed by atoms with Crippen molar-refractivity contribution in [1.82, 2.24) is 0 Å². The van der Waals surface area contributed by atoms with Gasteiger partial charge in [0.05, 0.1) is 18.4 Å². The van der Waals surface area contributed by atoms with Crippen molar-refractivity contribution >= 4 is 23.5 Å². The van der Waals surface area contributed by atoms with Crippen molar-refractivity contribution in [3.8, 4) is 11.5 Å². The smallest absolute Gasteiger partial charge is 0.337 e. The van der Waals surface area contributed by atoms with E-state index in [2.05, 4.69) is 5.32 Å². The summed E-state index contributed by atoms with van der Waals surface area (Å²) in [4.78, 5) is 35.1. The maximum atomic E-state index is 12.4. The molecule has 4 N–H and O–H groups in total. The zero-order chi connectivity index (χ0) is 19.3. The molecule has 1 unspecified atom stereocenters. The molecule has 0 saturated heterocycles. The van der Waals surface area contributed by atoms with Crippen molar-refractivity contribution in [2.75, 3.05) is 12.4 Å². The summed E-state index contributed by atoms with van der Waals surface area (Å²) in [5.41, 5.74) is 0.338. The van der Waals surface area contributed by atoms with Gasteiger partial charge < -0.3 is 25.4 Å². The summed E-state index contributed by atoms with van der Waals surface area (Å²) >= 11 is 0. The number of carboxylic acid groups (broad SMARTS) is 2. The zero-order valence-corrected chi connectivity index (χ0v) is 13.8. The number of methoxy groups -OCH3 is 1. The summed E-state index contributed by atoms with van der Waals surface area (Å²) in [6, 6.07) is 9.96. The number of rotatable bonds is 7. The molecule has 0 spiro atoms. The van der Waals surface area contributed by atoms with E-state index in [0.717, 1.165) is 0 Å². The molecule has 0 saturated carbocycles. The Kier molecular flexibility index (Phi) is 5.79. The molecule has 0 heterocycles. The van der Waals surface area contributed by atoms with Gasteiger partial charge in [0, 0.05) is 0 Å². The van der Waals surface area contributed by atoms with Gasteiger partial charge in [-0.25, -0.2) is 4.79 Å². The molecule has 2 aromatic rings. The molecule has 2 aromatic carbocycles. The molecule has 8 heteroatoms. The number of amides is 1. The lowest BCUT2D eigenvalue weighted by atomic mass is 9.98. The van der Waals surface area contributed by atoms with Gasteiger partial charge in [-0.1, -0.05) is 18.2 Å². The highest BCUT2D eigenvalue weighted by Gasteiger charge is 2.28. The van der Waals surface area contributed by atoms with E-state index < -0.39 is 23.8 Å². The van der Waals surface area contributed by atoms with Crippen LogP contribution < -0.4 is 10.1 Å². The summed E-state index contributed by atoms with van der Waals surface area (Å²) in [5.74, 6) is -4.85. The van der Waals surface area contributed by atoms with E-state index >= 15 is 0 Å². The number of anilines is 1. The van der Waals surface area contributed by atoms with Crippen molar-refractivity contribution in [2.45, 2.75) is 6.42 Å². The van der Waals surface area contributed by atoms with Crippen LogP contribution in [0.25, 0.3) is 0 Å². The fraction of sp³-hybridized carbons (Fsp3) is 0.167. The fourth-order valence-electron chi connectivity index (χ4n) is 2.38. The largest absolute Gasteiger partial charge is 0.504 e. The Hall–Kier alpha value is -3.55. The number of phenolic OH excluding ortho intramolecular Hbond substituents is 1. The molecule has 0 radical (unpaired) electrons. The number of carbonyl (C=O) groups is 3. The predicted octanol–water partition coefficient (Wildman–Crippen LogP) is 1.98. The number of benzene rings is 2. The minimum absolute atomic E-state index is 0.0135. The second kappa shape index (κ2) is 8.02. The first-order valence-corrected chi connectivity index (χ1v) is 7.55. The average Bonchev–Trinajstić information content (AvgIpc) is 2.60. The van der Waals surface area contributed by atoms with Crippen LogP contribution in [0.3, 0.4) is 0 Å². The molecule has 0 aliphatic carbocycles. The maximum Gasteiger partial charge on any atom is 0.337 e. The SMILES string of the molecule is COc1cc(CC(C(=O)O)C(=O)Nc2ccccc2C(=O)O)ccc1O. The number of para-hydroxylation sites is 1. The van der Waals surface area contributed by atoms with Crippen LogP contribution >= 0.6 is 0 Å². The molecule has 1 atom stereocenters. The molecule has 0 aliphatic heterocycles. The normalized spacial score (nSPS) is 11.4. The van der Waals surface area contributed by atoms with Crippen LogP contribution in [0.5, 0.6) is 11.5 Å². The zero-order valence-electron chi connectivity index (χ0n) is 13.8. The summed E-state index contributed by atoms with van der Waals surface area (Å²) < 4.78 is 4.96. The third-order valence-corrected chi connectivity index (χ3v) is 3.71. The van der Waals surface area contributed by atoms with Crippen molar-refractivity contribution in [3.63, 3.8) is 0 Å². The number of hydrogen-bond acceptors (Lipinski definition) is 5. The van der Waals surface area contributed by atoms with Crippen LogP contribution in [-0.4, -0.2) is 40.3 Å². The first kappa shape index (κ1) is 18.8. The standard InChI is InChI=1S/C18H17NO7/c1-26-15-9-10(6-7-14(15)20)8-12(18(24)25)16(21)19-13-5-3-2-4-11(13)17(22)23/h2-7,9,12,20H,8H2,1H3,(H,19,21)(H,22,23)(H,24,25). The van der Waals surface area contributed by atoms with Crippen molar-refractivity contribution in [1.29, 1.82) is 0 Å². The van der Waals surface area contributed by atoms with Crippen LogP contribution in [0.1, 0.15) is 15.9 Å². The van der Waals surface area contributed by atoms with Gasteiger partial charge in [-0.3, -0.25) is 9.59 Å². The molecule has 0 fully saturated rings. The quantitative estimate of drug-likeness (QED) is 0.556. The number of aliphatic carboxylic acids is 1.